The molecular weight excluding hydrogens is 296 g/mol. The molecule has 4 nitrogen and oxygen atoms in total. The first-order valence-electron chi connectivity index (χ1n) is 6.50. The summed E-state index contributed by atoms with van der Waals surface area (Å²) >= 11 is 7.80. The summed E-state index contributed by atoms with van der Waals surface area (Å²) in [5.74, 6) is -0.141. The number of nitrogens with one attached hydrogen (secondary N) is 1. The topological polar surface area (TPSA) is 51.2 Å². The van der Waals surface area contributed by atoms with Gasteiger partial charge in [-0.2, -0.15) is 0 Å². The van der Waals surface area contributed by atoms with Crippen molar-refractivity contribution in [3.05, 3.63) is 22.2 Å². The molecule has 20 heavy (non-hydrogen) atoms. The molecule has 1 aromatic heterocycles. The standard InChI is InChI=1S/C14H15ClN2O2S/c1-8-16-11-6-9(15)10(7-12(11)20-8)17-13(18)14(2)4-3-5-19-14/h6-7H,3-5H2,1-2H3,(H,17,18). The third-order valence-electron chi connectivity index (χ3n) is 3.53. The van der Waals surface area contributed by atoms with E-state index in [1.165, 1.54) is 0 Å². The summed E-state index contributed by atoms with van der Waals surface area (Å²) in [6, 6.07) is 3.66. The number of anilines is 1. The first-order valence-corrected chi connectivity index (χ1v) is 7.69. The monoisotopic (exact) mass is 310 g/mol. The first-order chi connectivity index (χ1) is 9.48. The molecule has 0 bridgehead atoms. The molecule has 1 amide bonds. The normalized spacial score (nSPS) is 22.4. The van der Waals surface area contributed by atoms with E-state index in [4.69, 9.17) is 16.3 Å². The van der Waals surface area contributed by atoms with Crippen LogP contribution in [-0.2, 0) is 9.53 Å². The summed E-state index contributed by atoms with van der Waals surface area (Å²) in [5, 5.41) is 4.35. The molecule has 1 fully saturated rings. The molecule has 2 heterocycles. The van der Waals surface area contributed by atoms with Gasteiger partial charge in [-0.15, -0.1) is 11.3 Å². The van der Waals surface area contributed by atoms with E-state index in [1.54, 1.807) is 17.4 Å². The molecular formula is C14H15ClN2O2S. The highest BCUT2D eigenvalue weighted by molar-refractivity contribution is 7.18. The number of aryl methyl sites for hydroxylation is 1. The lowest BCUT2D eigenvalue weighted by Gasteiger charge is -2.22. The van der Waals surface area contributed by atoms with Crippen LogP contribution < -0.4 is 5.32 Å². The SMILES string of the molecule is Cc1nc2cc(Cl)c(NC(=O)C3(C)CCCO3)cc2s1. The van der Waals surface area contributed by atoms with Crippen LogP contribution in [0.3, 0.4) is 0 Å². The highest BCUT2D eigenvalue weighted by Gasteiger charge is 2.37. The zero-order valence-electron chi connectivity index (χ0n) is 11.3. The average Bonchev–Trinajstić information content (AvgIpc) is 2.96. The zero-order chi connectivity index (χ0) is 14.3. The van der Waals surface area contributed by atoms with Crippen molar-refractivity contribution in [2.45, 2.75) is 32.3 Å². The fraction of sp³-hybridized carbons (Fsp3) is 0.429. The van der Waals surface area contributed by atoms with Crippen LogP contribution in [0, 0.1) is 6.92 Å². The van der Waals surface area contributed by atoms with Gasteiger partial charge in [-0.05, 0) is 38.8 Å². The Labute approximate surface area is 126 Å². The number of nitrogens with zero attached hydrogens (tertiary/aromatic N) is 1. The van der Waals surface area contributed by atoms with Crippen molar-refractivity contribution in [1.82, 2.24) is 4.98 Å². The molecule has 1 aromatic carbocycles. The Morgan fingerprint density at radius 3 is 3.05 bits per heavy atom. The van der Waals surface area contributed by atoms with E-state index >= 15 is 0 Å². The molecule has 0 saturated carbocycles. The number of carbonyl (C=O) groups excluding carboxylic acids is 1. The number of benzene rings is 1. The number of hydrogen-bond acceptors (Lipinski definition) is 4. The van der Waals surface area contributed by atoms with Crippen LogP contribution in [0.25, 0.3) is 10.2 Å². The molecule has 3 rings (SSSR count). The van der Waals surface area contributed by atoms with E-state index in [1.807, 2.05) is 19.9 Å². The van der Waals surface area contributed by atoms with Crippen LogP contribution in [0.2, 0.25) is 5.02 Å². The molecule has 0 aliphatic carbocycles. The lowest BCUT2D eigenvalue weighted by atomic mass is 10.0. The predicted octanol–water partition coefficient (Wildman–Crippen LogP) is 3.77. The molecule has 1 N–H and O–H groups in total. The maximum atomic E-state index is 12.3. The zero-order valence-corrected chi connectivity index (χ0v) is 12.9. The van der Waals surface area contributed by atoms with E-state index in [0.29, 0.717) is 17.3 Å². The molecule has 1 unspecified atom stereocenters. The van der Waals surface area contributed by atoms with Crippen molar-refractivity contribution < 1.29 is 9.53 Å². The van der Waals surface area contributed by atoms with Gasteiger partial charge in [0, 0.05) is 6.61 Å². The van der Waals surface area contributed by atoms with Crippen molar-refractivity contribution in [2.24, 2.45) is 0 Å². The van der Waals surface area contributed by atoms with Crippen LogP contribution in [0.15, 0.2) is 12.1 Å². The molecule has 1 saturated heterocycles. The number of thiazole rings is 1. The maximum absolute atomic E-state index is 12.3. The molecule has 106 valence electrons. The van der Waals surface area contributed by atoms with Gasteiger partial charge in [0.25, 0.3) is 5.91 Å². The van der Waals surface area contributed by atoms with Gasteiger partial charge in [-0.1, -0.05) is 11.6 Å². The third kappa shape index (κ3) is 2.41. The summed E-state index contributed by atoms with van der Waals surface area (Å²) in [6.07, 6.45) is 1.64. The van der Waals surface area contributed by atoms with Gasteiger partial charge in [0.05, 0.1) is 25.9 Å². The van der Waals surface area contributed by atoms with Gasteiger partial charge in [0.15, 0.2) is 0 Å². The predicted molar refractivity (Wildman–Crippen MR) is 81.6 cm³/mol. The van der Waals surface area contributed by atoms with E-state index in [-0.39, 0.29) is 5.91 Å². The average molecular weight is 311 g/mol. The molecule has 2 aromatic rings. The summed E-state index contributed by atoms with van der Waals surface area (Å²) < 4.78 is 6.55. The highest BCUT2D eigenvalue weighted by atomic mass is 35.5. The number of hydrogen-bond donors (Lipinski definition) is 1. The van der Waals surface area contributed by atoms with Crippen LogP contribution in [0.4, 0.5) is 5.69 Å². The minimum Gasteiger partial charge on any atom is -0.365 e. The Morgan fingerprint density at radius 2 is 2.35 bits per heavy atom. The van der Waals surface area contributed by atoms with Crippen molar-refractivity contribution >= 4 is 44.7 Å². The third-order valence-corrected chi connectivity index (χ3v) is 4.78. The van der Waals surface area contributed by atoms with Crippen LogP contribution in [0.5, 0.6) is 0 Å². The lowest BCUT2D eigenvalue weighted by Crippen LogP contribution is -2.39. The molecule has 6 heteroatoms. The first kappa shape index (κ1) is 13.8. The Balaban J connectivity index is 1.90. The van der Waals surface area contributed by atoms with Gasteiger partial charge in [0.1, 0.15) is 5.60 Å². The summed E-state index contributed by atoms with van der Waals surface area (Å²) in [4.78, 5) is 16.7. The minimum atomic E-state index is -0.748. The van der Waals surface area contributed by atoms with Crippen LogP contribution >= 0.6 is 22.9 Å². The van der Waals surface area contributed by atoms with Gasteiger partial charge in [-0.3, -0.25) is 4.79 Å². The Kier molecular flexibility index (Phi) is 3.44. The minimum absolute atomic E-state index is 0.141. The molecule has 0 spiro atoms. The van der Waals surface area contributed by atoms with Crippen molar-refractivity contribution in [3.63, 3.8) is 0 Å². The second-order valence-electron chi connectivity index (χ2n) is 5.17. The molecule has 1 atom stereocenters. The Hall–Kier alpha value is -1.17. The van der Waals surface area contributed by atoms with Crippen molar-refractivity contribution in [1.29, 1.82) is 0 Å². The fourth-order valence-corrected chi connectivity index (χ4v) is 3.43. The number of aromatic nitrogens is 1. The molecule has 0 radical (unpaired) electrons. The number of amides is 1. The van der Waals surface area contributed by atoms with Crippen molar-refractivity contribution in [3.8, 4) is 0 Å². The number of carbonyl (C=O) groups is 1. The summed E-state index contributed by atoms with van der Waals surface area (Å²) in [5.41, 5.74) is 0.727. The quantitative estimate of drug-likeness (QED) is 0.918. The number of ether oxygens (including phenoxy) is 1. The van der Waals surface area contributed by atoms with E-state index in [2.05, 4.69) is 10.3 Å². The highest BCUT2D eigenvalue weighted by Crippen LogP contribution is 2.33. The second-order valence-corrected chi connectivity index (χ2v) is 6.81. The van der Waals surface area contributed by atoms with E-state index in [9.17, 15) is 4.79 Å². The van der Waals surface area contributed by atoms with E-state index in [0.717, 1.165) is 28.1 Å². The smallest absolute Gasteiger partial charge is 0.256 e. The van der Waals surface area contributed by atoms with Crippen LogP contribution in [0.1, 0.15) is 24.8 Å². The number of rotatable bonds is 2. The second kappa shape index (κ2) is 4.98. The van der Waals surface area contributed by atoms with Gasteiger partial charge < -0.3 is 10.1 Å². The fourth-order valence-electron chi connectivity index (χ4n) is 2.37. The van der Waals surface area contributed by atoms with Gasteiger partial charge >= 0.3 is 0 Å². The van der Waals surface area contributed by atoms with E-state index < -0.39 is 5.60 Å². The Morgan fingerprint density at radius 1 is 1.55 bits per heavy atom. The lowest BCUT2D eigenvalue weighted by molar-refractivity contribution is -0.133. The number of fused-ring (bicyclic) bond motifs is 1. The summed E-state index contributed by atoms with van der Waals surface area (Å²) in [6.45, 7) is 4.40. The number of halogens is 1. The van der Waals surface area contributed by atoms with Crippen LogP contribution in [-0.4, -0.2) is 23.1 Å². The van der Waals surface area contributed by atoms with Gasteiger partial charge in [0.2, 0.25) is 0 Å². The molecule has 1 aliphatic heterocycles. The maximum Gasteiger partial charge on any atom is 0.256 e. The Bertz CT molecular complexity index is 677. The summed E-state index contributed by atoms with van der Waals surface area (Å²) in [7, 11) is 0. The van der Waals surface area contributed by atoms with Crippen molar-refractivity contribution in [2.75, 3.05) is 11.9 Å². The van der Waals surface area contributed by atoms with Gasteiger partial charge in [-0.25, -0.2) is 4.98 Å². The molecule has 1 aliphatic rings. The largest absolute Gasteiger partial charge is 0.365 e.